The van der Waals surface area contributed by atoms with Crippen LogP contribution in [0.3, 0.4) is 0 Å². The molecule has 2 aromatic rings. The standard InChI is InChI=1S/C42H54N4O6/c1-38(2,3)52-37(51)46-25-10-19-42(28-46)35(49)43-23-21-41(22-24-44-42,31-11-8-7-9-12-31)36(50)45-26-18-33-39(4,5)32(17-20-40(33,6)27-45)29-13-15-30(16-14-29)34(47)48/h7-9,11-18,44H,10,19-28H2,1-6H3,(H,43,49)(H,47,48)/t40-,41?,42?/m1/s1. The number of carbonyl (C=O) groups excluding carboxylic acids is 3. The first-order valence-corrected chi connectivity index (χ1v) is 18.6. The van der Waals surface area contributed by atoms with E-state index in [2.05, 4.69) is 43.6 Å². The summed E-state index contributed by atoms with van der Waals surface area (Å²) in [5.41, 5.74) is 1.53. The highest BCUT2D eigenvalue weighted by molar-refractivity contribution is 5.91. The fourth-order valence-electron chi connectivity index (χ4n) is 9.19. The number of amides is 3. The van der Waals surface area contributed by atoms with Crippen LogP contribution in [-0.4, -0.2) is 89.2 Å². The quantitative estimate of drug-likeness (QED) is 0.324. The van der Waals surface area contributed by atoms with E-state index in [1.165, 1.54) is 5.57 Å². The zero-order chi connectivity index (χ0) is 37.5. The number of likely N-dealkylation sites (tertiary alicyclic amines) is 1. The third kappa shape index (κ3) is 7.01. The molecule has 0 aromatic heterocycles. The maximum atomic E-state index is 15.2. The van der Waals surface area contributed by atoms with Gasteiger partial charge in [-0.1, -0.05) is 81.0 Å². The number of nitrogens with one attached hydrogen (secondary N) is 2. The van der Waals surface area contributed by atoms with E-state index in [-0.39, 0.29) is 34.8 Å². The van der Waals surface area contributed by atoms with Gasteiger partial charge in [0.15, 0.2) is 0 Å². The normalized spacial score (nSPS) is 27.9. The summed E-state index contributed by atoms with van der Waals surface area (Å²) in [6.07, 6.45) is 6.99. The number of nitrogens with zero attached hydrogens (tertiary/aromatic N) is 2. The lowest BCUT2D eigenvalue weighted by molar-refractivity contribution is -0.139. The van der Waals surface area contributed by atoms with Crippen molar-refractivity contribution in [3.8, 4) is 0 Å². The summed E-state index contributed by atoms with van der Waals surface area (Å²) in [5, 5.41) is 16.1. The largest absolute Gasteiger partial charge is 0.478 e. The Bertz CT molecular complexity index is 1780. The smallest absolute Gasteiger partial charge is 0.410 e. The third-order valence-corrected chi connectivity index (χ3v) is 11.7. The van der Waals surface area contributed by atoms with E-state index >= 15 is 4.79 Å². The molecule has 0 radical (unpaired) electrons. The number of hydrogen-bond donors (Lipinski definition) is 3. The molecule has 2 unspecified atom stereocenters. The lowest BCUT2D eigenvalue weighted by Gasteiger charge is -2.52. The Hall–Kier alpha value is -4.44. The van der Waals surface area contributed by atoms with Crippen molar-refractivity contribution in [1.82, 2.24) is 20.4 Å². The first kappa shape index (κ1) is 37.3. The van der Waals surface area contributed by atoms with E-state index in [0.717, 1.165) is 23.1 Å². The number of carboxylic acids is 1. The molecule has 10 heteroatoms. The summed E-state index contributed by atoms with van der Waals surface area (Å²) in [6, 6.07) is 17.0. The number of piperidine rings is 1. The summed E-state index contributed by atoms with van der Waals surface area (Å²) in [6.45, 7) is 14.7. The predicted molar refractivity (Wildman–Crippen MR) is 201 cm³/mol. The van der Waals surface area contributed by atoms with Gasteiger partial charge in [0.2, 0.25) is 11.8 Å². The van der Waals surface area contributed by atoms with E-state index in [9.17, 15) is 19.5 Å². The van der Waals surface area contributed by atoms with Crippen LogP contribution in [0.25, 0.3) is 5.57 Å². The maximum Gasteiger partial charge on any atom is 0.410 e. The fraction of sp³-hybridized carbons (Fsp3) is 0.524. The molecular formula is C42H54N4O6. The molecule has 2 fully saturated rings. The van der Waals surface area contributed by atoms with Crippen LogP contribution in [0.4, 0.5) is 4.79 Å². The van der Waals surface area contributed by atoms with Gasteiger partial charge in [-0.15, -0.1) is 0 Å². The SMILES string of the molecule is CC(C)(C)OC(=O)N1CCCC2(C1)NCCC(C(=O)N1CC=C3C(C)(C)C(c4ccc(C(=O)O)cc4)=CC[C@]3(C)C1)(c1ccccc1)CCNC2=O. The predicted octanol–water partition coefficient (Wildman–Crippen LogP) is 6.18. The van der Waals surface area contributed by atoms with E-state index in [0.29, 0.717) is 58.4 Å². The van der Waals surface area contributed by atoms with Gasteiger partial charge < -0.3 is 30.3 Å². The Morgan fingerprint density at radius 1 is 0.865 bits per heavy atom. The van der Waals surface area contributed by atoms with Gasteiger partial charge in [0, 0.05) is 37.0 Å². The van der Waals surface area contributed by atoms with Crippen molar-refractivity contribution in [1.29, 1.82) is 0 Å². The molecule has 278 valence electrons. The van der Waals surface area contributed by atoms with Crippen molar-refractivity contribution in [3.05, 3.63) is 89.0 Å². The molecule has 2 saturated heterocycles. The second-order valence-electron chi connectivity index (χ2n) is 16.9. The zero-order valence-corrected chi connectivity index (χ0v) is 31.5. The molecule has 1 spiro atoms. The second kappa shape index (κ2) is 13.8. The number of carboxylic acid groups (broad SMARTS) is 1. The number of benzene rings is 2. The van der Waals surface area contributed by atoms with Gasteiger partial charge in [-0.25, -0.2) is 9.59 Å². The first-order valence-electron chi connectivity index (χ1n) is 18.6. The van der Waals surface area contributed by atoms with Crippen LogP contribution in [0, 0.1) is 10.8 Å². The van der Waals surface area contributed by atoms with Gasteiger partial charge >= 0.3 is 12.1 Å². The molecule has 52 heavy (non-hydrogen) atoms. The minimum atomic E-state index is -0.979. The van der Waals surface area contributed by atoms with E-state index < -0.39 is 28.6 Å². The average molecular weight is 711 g/mol. The minimum absolute atomic E-state index is 0.0538. The Morgan fingerprint density at radius 2 is 1.56 bits per heavy atom. The Balaban J connectivity index is 1.26. The van der Waals surface area contributed by atoms with Gasteiger partial charge in [0.25, 0.3) is 0 Å². The highest BCUT2D eigenvalue weighted by Crippen LogP contribution is 2.55. The van der Waals surface area contributed by atoms with Crippen LogP contribution < -0.4 is 10.6 Å². The monoisotopic (exact) mass is 710 g/mol. The molecule has 3 heterocycles. The highest BCUT2D eigenvalue weighted by Gasteiger charge is 2.51. The summed E-state index contributed by atoms with van der Waals surface area (Å²) in [4.78, 5) is 57.3. The van der Waals surface area contributed by atoms with Crippen LogP contribution >= 0.6 is 0 Å². The average Bonchev–Trinajstić information content (AvgIpc) is 3.16. The molecule has 1 aliphatic carbocycles. The van der Waals surface area contributed by atoms with Crippen LogP contribution in [-0.2, 0) is 19.7 Å². The van der Waals surface area contributed by atoms with Gasteiger partial charge in [0.1, 0.15) is 11.1 Å². The Morgan fingerprint density at radius 3 is 2.23 bits per heavy atom. The van der Waals surface area contributed by atoms with Crippen molar-refractivity contribution in [2.45, 2.75) is 90.2 Å². The summed E-state index contributed by atoms with van der Waals surface area (Å²) >= 11 is 0. The van der Waals surface area contributed by atoms with E-state index in [1.54, 1.807) is 17.0 Å². The zero-order valence-electron chi connectivity index (χ0n) is 31.5. The topological polar surface area (TPSA) is 128 Å². The van der Waals surface area contributed by atoms with Gasteiger partial charge in [0.05, 0.1) is 17.5 Å². The van der Waals surface area contributed by atoms with Gasteiger partial charge in [-0.3, -0.25) is 9.59 Å². The molecule has 10 nitrogen and oxygen atoms in total. The van der Waals surface area contributed by atoms with E-state index in [1.807, 2.05) is 68.1 Å². The molecule has 2 aromatic carbocycles. The minimum Gasteiger partial charge on any atom is -0.478 e. The summed E-state index contributed by atoms with van der Waals surface area (Å²) < 4.78 is 5.67. The van der Waals surface area contributed by atoms with E-state index in [4.69, 9.17) is 4.74 Å². The van der Waals surface area contributed by atoms with Gasteiger partial charge in [-0.2, -0.15) is 0 Å². The molecule has 4 aliphatic rings. The molecule has 0 saturated carbocycles. The molecular weight excluding hydrogens is 656 g/mol. The molecule has 0 bridgehead atoms. The number of ether oxygens (including phenoxy) is 1. The number of allylic oxidation sites excluding steroid dienone is 2. The third-order valence-electron chi connectivity index (χ3n) is 11.7. The molecule has 3 aliphatic heterocycles. The molecule has 6 rings (SSSR count). The highest BCUT2D eigenvalue weighted by atomic mass is 16.6. The van der Waals surface area contributed by atoms with Crippen molar-refractivity contribution in [2.75, 3.05) is 39.3 Å². The van der Waals surface area contributed by atoms with Crippen LogP contribution in [0.2, 0.25) is 0 Å². The number of aromatic carboxylic acids is 1. The lowest BCUT2D eigenvalue weighted by atomic mass is 9.58. The molecule has 3 atom stereocenters. The summed E-state index contributed by atoms with van der Waals surface area (Å²) in [5.74, 6) is -1.04. The number of hydrogen-bond acceptors (Lipinski definition) is 6. The number of fused-ring (bicyclic) bond motifs is 1. The van der Waals surface area contributed by atoms with Gasteiger partial charge in [-0.05, 0) is 88.3 Å². The fourth-order valence-corrected chi connectivity index (χ4v) is 9.19. The van der Waals surface area contributed by atoms with Crippen molar-refractivity contribution in [3.63, 3.8) is 0 Å². The Labute approximate surface area is 307 Å². The molecule has 3 amide bonds. The second-order valence-corrected chi connectivity index (χ2v) is 16.9. The number of carbonyl (C=O) groups is 4. The lowest BCUT2D eigenvalue weighted by Crippen LogP contribution is -2.65. The Kier molecular flexibility index (Phi) is 9.93. The van der Waals surface area contributed by atoms with Crippen molar-refractivity contribution in [2.24, 2.45) is 10.8 Å². The maximum absolute atomic E-state index is 15.2. The van der Waals surface area contributed by atoms with Crippen LogP contribution in [0.5, 0.6) is 0 Å². The van der Waals surface area contributed by atoms with Crippen molar-refractivity contribution < 1.29 is 29.0 Å². The summed E-state index contributed by atoms with van der Waals surface area (Å²) in [7, 11) is 0. The number of rotatable bonds is 4. The van der Waals surface area contributed by atoms with Crippen LogP contribution in [0.1, 0.15) is 95.1 Å². The first-order chi connectivity index (χ1) is 24.5. The molecule has 3 N–H and O–H groups in total. The van der Waals surface area contributed by atoms with Crippen molar-refractivity contribution >= 4 is 29.5 Å². The van der Waals surface area contributed by atoms with Crippen LogP contribution in [0.15, 0.2) is 72.3 Å².